The van der Waals surface area contributed by atoms with E-state index in [-0.39, 0.29) is 6.09 Å². The Morgan fingerprint density at radius 1 is 1.33 bits per heavy atom. The van der Waals surface area contributed by atoms with Gasteiger partial charge < -0.3 is 20.3 Å². The Balaban J connectivity index is 2.55. The van der Waals surface area contributed by atoms with Gasteiger partial charge in [0.2, 0.25) is 0 Å². The Labute approximate surface area is 126 Å². The summed E-state index contributed by atoms with van der Waals surface area (Å²) in [5.41, 5.74) is 6.10. The van der Waals surface area contributed by atoms with Crippen molar-refractivity contribution in [2.75, 3.05) is 37.3 Å². The van der Waals surface area contributed by atoms with Crippen molar-refractivity contribution in [3.8, 4) is 0 Å². The van der Waals surface area contributed by atoms with Crippen LogP contribution in [0.4, 0.5) is 16.3 Å². The van der Waals surface area contributed by atoms with E-state index < -0.39 is 5.60 Å². The Morgan fingerprint density at radius 2 is 2.00 bits per heavy atom. The van der Waals surface area contributed by atoms with Crippen molar-refractivity contribution < 1.29 is 9.53 Å². The highest BCUT2D eigenvalue weighted by molar-refractivity contribution is 5.67. The van der Waals surface area contributed by atoms with Crippen LogP contribution in [0.25, 0.3) is 0 Å². The maximum absolute atomic E-state index is 11.9. The summed E-state index contributed by atoms with van der Waals surface area (Å²) in [5.74, 6) is 0.501. The number of rotatable bonds is 5. The zero-order valence-electron chi connectivity index (χ0n) is 13.6. The summed E-state index contributed by atoms with van der Waals surface area (Å²) in [5, 5.41) is 0. The first-order valence-electron chi connectivity index (χ1n) is 7.13. The summed E-state index contributed by atoms with van der Waals surface area (Å²) in [6.07, 6.45) is 1.43. The van der Waals surface area contributed by atoms with Gasteiger partial charge in [0.25, 0.3) is 0 Å². The third-order valence-electron chi connectivity index (χ3n) is 2.93. The Kier molecular flexibility index (Phi) is 5.81. The van der Waals surface area contributed by atoms with Crippen molar-refractivity contribution in [1.82, 2.24) is 9.88 Å². The Bertz CT molecular complexity index is 454. The van der Waals surface area contributed by atoms with Gasteiger partial charge in [0.15, 0.2) is 0 Å². The van der Waals surface area contributed by atoms with Crippen molar-refractivity contribution in [3.05, 3.63) is 18.3 Å². The van der Waals surface area contributed by atoms with E-state index in [2.05, 4.69) is 16.8 Å². The normalized spacial score (nSPS) is 11.1. The third kappa shape index (κ3) is 5.89. The van der Waals surface area contributed by atoms with Gasteiger partial charge >= 0.3 is 6.09 Å². The minimum Gasteiger partial charge on any atom is -0.444 e. The first-order chi connectivity index (χ1) is 9.73. The van der Waals surface area contributed by atoms with E-state index in [1.165, 1.54) is 0 Å². The van der Waals surface area contributed by atoms with Gasteiger partial charge in [0.1, 0.15) is 11.4 Å². The predicted octanol–water partition coefficient (Wildman–Crippen LogP) is 2.36. The average Bonchev–Trinajstić information content (AvgIpc) is 2.39. The van der Waals surface area contributed by atoms with E-state index in [4.69, 9.17) is 10.5 Å². The third-order valence-corrected chi connectivity index (χ3v) is 2.93. The smallest absolute Gasteiger partial charge is 0.410 e. The molecule has 1 amide bonds. The van der Waals surface area contributed by atoms with Crippen LogP contribution in [0.2, 0.25) is 0 Å². The summed E-state index contributed by atoms with van der Waals surface area (Å²) >= 11 is 0. The summed E-state index contributed by atoms with van der Waals surface area (Å²) in [6, 6.07) is 3.70. The van der Waals surface area contributed by atoms with E-state index >= 15 is 0 Å². The van der Waals surface area contributed by atoms with E-state index in [0.29, 0.717) is 18.9 Å². The summed E-state index contributed by atoms with van der Waals surface area (Å²) < 4.78 is 5.33. The van der Waals surface area contributed by atoms with Gasteiger partial charge in [-0.3, -0.25) is 0 Å². The maximum Gasteiger partial charge on any atom is 0.410 e. The molecule has 0 atom stereocenters. The van der Waals surface area contributed by atoms with Crippen LogP contribution in [-0.4, -0.2) is 48.3 Å². The molecule has 0 bridgehead atoms. The van der Waals surface area contributed by atoms with Crippen LogP contribution in [-0.2, 0) is 4.74 Å². The molecule has 0 saturated heterocycles. The first-order valence-corrected chi connectivity index (χ1v) is 7.13. The van der Waals surface area contributed by atoms with Crippen LogP contribution >= 0.6 is 0 Å². The molecule has 0 aliphatic heterocycles. The van der Waals surface area contributed by atoms with Crippen molar-refractivity contribution in [2.24, 2.45) is 0 Å². The van der Waals surface area contributed by atoms with Gasteiger partial charge in [-0.25, -0.2) is 9.78 Å². The molecule has 0 spiro atoms. The lowest BCUT2D eigenvalue weighted by Gasteiger charge is -2.28. The highest BCUT2D eigenvalue weighted by atomic mass is 16.6. The monoisotopic (exact) mass is 294 g/mol. The van der Waals surface area contributed by atoms with Crippen LogP contribution in [0, 0.1) is 0 Å². The number of hydrogen-bond acceptors (Lipinski definition) is 5. The number of hydrogen-bond donors (Lipinski definition) is 1. The van der Waals surface area contributed by atoms with Gasteiger partial charge in [-0.15, -0.1) is 0 Å². The fourth-order valence-corrected chi connectivity index (χ4v) is 1.76. The number of nitrogens with zero attached hydrogens (tertiary/aromatic N) is 3. The molecule has 6 heteroatoms. The first kappa shape index (κ1) is 17.1. The molecule has 0 aliphatic carbocycles. The molecular formula is C15H26N4O2. The van der Waals surface area contributed by atoms with Crippen LogP contribution in [0.1, 0.15) is 27.7 Å². The van der Waals surface area contributed by atoms with E-state index in [1.54, 1.807) is 24.2 Å². The van der Waals surface area contributed by atoms with Gasteiger partial charge in [-0.05, 0) is 39.8 Å². The molecule has 6 nitrogen and oxygen atoms in total. The molecule has 0 radical (unpaired) electrons. The maximum atomic E-state index is 11.9. The Morgan fingerprint density at radius 3 is 2.48 bits per heavy atom. The van der Waals surface area contributed by atoms with Crippen LogP contribution < -0.4 is 10.6 Å². The number of ether oxygens (including phenoxy) is 1. The molecule has 1 rings (SSSR count). The van der Waals surface area contributed by atoms with Gasteiger partial charge in [0.05, 0.1) is 11.9 Å². The lowest BCUT2D eigenvalue weighted by atomic mass is 10.2. The second-order valence-electron chi connectivity index (χ2n) is 5.92. The number of nitrogens with two attached hydrogens (primary N) is 1. The minimum atomic E-state index is -0.476. The van der Waals surface area contributed by atoms with E-state index in [0.717, 1.165) is 12.2 Å². The van der Waals surface area contributed by atoms with E-state index in [9.17, 15) is 4.79 Å². The quantitative estimate of drug-likeness (QED) is 0.902. The number of anilines is 2. The number of nitrogen functional groups attached to an aromatic ring is 1. The molecule has 0 fully saturated rings. The lowest BCUT2D eigenvalue weighted by Crippen LogP contribution is -2.39. The summed E-state index contributed by atoms with van der Waals surface area (Å²) in [7, 11) is 1.74. The minimum absolute atomic E-state index is 0.311. The van der Waals surface area contributed by atoms with Crippen molar-refractivity contribution in [1.29, 1.82) is 0 Å². The van der Waals surface area contributed by atoms with Crippen molar-refractivity contribution in [2.45, 2.75) is 33.3 Å². The number of aromatic nitrogens is 1. The molecule has 1 aromatic rings. The van der Waals surface area contributed by atoms with Gasteiger partial charge in [-0.2, -0.15) is 0 Å². The molecule has 0 unspecified atom stereocenters. The molecule has 0 aromatic carbocycles. The van der Waals surface area contributed by atoms with Crippen LogP contribution in [0.3, 0.4) is 0 Å². The van der Waals surface area contributed by atoms with E-state index in [1.807, 2.05) is 26.8 Å². The molecule has 0 saturated carbocycles. The molecule has 1 aromatic heterocycles. The van der Waals surface area contributed by atoms with Crippen LogP contribution in [0.5, 0.6) is 0 Å². The molecular weight excluding hydrogens is 268 g/mol. The fourth-order valence-electron chi connectivity index (χ4n) is 1.76. The van der Waals surface area contributed by atoms with Crippen molar-refractivity contribution >= 4 is 17.6 Å². The molecule has 118 valence electrons. The highest BCUT2D eigenvalue weighted by Gasteiger charge is 2.19. The van der Waals surface area contributed by atoms with Crippen LogP contribution in [0.15, 0.2) is 18.3 Å². The number of carbonyl (C=O) groups is 1. The molecule has 0 aliphatic rings. The standard InChI is InChI=1S/C15H26N4O2/c1-6-19(12-7-8-13(16)17-11-12)10-9-18(5)14(20)21-15(2,3)4/h7-8,11H,6,9-10H2,1-5H3,(H2,16,17). The average molecular weight is 294 g/mol. The second kappa shape index (κ2) is 7.15. The van der Waals surface area contributed by atoms with Gasteiger partial charge in [-0.1, -0.05) is 0 Å². The highest BCUT2D eigenvalue weighted by Crippen LogP contribution is 2.14. The lowest BCUT2D eigenvalue weighted by molar-refractivity contribution is 0.0303. The number of carbonyl (C=O) groups excluding carboxylic acids is 1. The number of pyridine rings is 1. The zero-order chi connectivity index (χ0) is 16.0. The molecule has 2 N–H and O–H groups in total. The largest absolute Gasteiger partial charge is 0.444 e. The summed E-state index contributed by atoms with van der Waals surface area (Å²) in [6.45, 7) is 9.74. The number of amides is 1. The SMILES string of the molecule is CCN(CCN(C)C(=O)OC(C)(C)C)c1ccc(N)nc1. The predicted molar refractivity (Wildman–Crippen MR) is 85.4 cm³/mol. The second-order valence-corrected chi connectivity index (χ2v) is 5.92. The molecule has 1 heterocycles. The van der Waals surface area contributed by atoms with Crippen molar-refractivity contribution in [3.63, 3.8) is 0 Å². The topological polar surface area (TPSA) is 71.7 Å². The fraction of sp³-hybridized carbons (Fsp3) is 0.600. The Hall–Kier alpha value is -1.98. The molecule has 21 heavy (non-hydrogen) atoms. The summed E-state index contributed by atoms with van der Waals surface area (Å²) in [4.78, 5) is 19.7. The van der Waals surface area contributed by atoms with Gasteiger partial charge in [0, 0.05) is 26.7 Å². The zero-order valence-corrected chi connectivity index (χ0v) is 13.6. The number of likely N-dealkylation sites (N-methyl/N-ethyl adjacent to an activating group) is 2.